The summed E-state index contributed by atoms with van der Waals surface area (Å²) in [6.45, 7) is 1.90. The molecule has 0 spiro atoms. The Bertz CT molecular complexity index is 490. The van der Waals surface area contributed by atoms with E-state index in [4.69, 9.17) is 9.68 Å². The maximum atomic E-state index is 8.44. The lowest BCUT2D eigenvalue weighted by Gasteiger charge is -1.90. The fraction of sp³-hybridized carbons (Fsp3) is 0.273. The number of imidazole rings is 1. The van der Waals surface area contributed by atoms with Gasteiger partial charge < -0.3 is 9.40 Å². The number of furan rings is 1. The van der Waals surface area contributed by atoms with Crippen LogP contribution in [-0.2, 0) is 6.42 Å². The van der Waals surface area contributed by atoms with Gasteiger partial charge in [-0.2, -0.15) is 5.26 Å². The monoisotopic (exact) mass is 201 g/mol. The molecule has 0 atom stereocenters. The zero-order valence-electron chi connectivity index (χ0n) is 8.45. The first-order valence-electron chi connectivity index (χ1n) is 4.77. The van der Waals surface area contributed by atoms with Crippen molar-refractivity contribution < 1.29 is 4.42 Å². The lowest BCUT2D eigenvalue weighted by atomic mass is 10.3. The van der Waals surface area contributed by atoms with Crippen molar-refractivity contribution in [3.05, 3.63) is 29.9 Å². The second-order valence-corrected chi connectivity index (χ2v) is 3.31. The average Bonchev–Trinajstić information content (AvgIpc) is 2.83. The zero-order valence-corrected chi connectivity index (χ0v) is 8.45. The number of aromatic amines is 1. The third-order valence-electron chi connectivity index (χ3n) is 2.11. The molecule has 0 fully saturated rings. The van der Waals surface area contributed by atoms with E-state index in [0.29, 0.717) is 12.8 Å². The second-order valence-electron chi connectivity index (χ2n) is 3.31. The molecule has 2 rings (SSSR count). The first kappa shape index (κ1) is 9.53. The molecule has 0 aliphatic rings. The number of aryl methyl sites for hydroxylation is 2. The number of rotatable bonds is 3. The van der Waals surface area contributed by atoms with Gasteiger partial charge in [0.25, 0.3) is 0 Å². The van der Waals surface area contributed by atoms with Gasteiger partial charge in [-0.15, -0.1) is 0 Å². The summed E-state index contributed by atoms with van der Waals surface area (Å²) >= 11 is 0. The van der Waals surface area contributed by atoms with Gasteiger partial charge in [0.05, 0.1) is 12.3 Å². The Morgan fingerprint density at radius 1 is 1.53 bits per heavy atom. The number of H-pyrrole nitrogens is 1. The smallest absolute Gasteiger partial charge is 0.152 e. The minimum Gasteiger partial charge on any atom is -0.460 e. The van der Waals surface area contributed by atoms with E-state index in [2.05, 4.69) is 16.0 Å². The highest BCUT2D eigenvalue weighted by molar-refractivity contribution is 5.51. The number of hydrogen-bond acceptors (Lipinski definition) is 3. The van der Waals surface area contributed by atoms with Crippen LogP contribution in [-0.4, -0.2) is 9.97 Å². The average molecular weight is 201 g/mol. The largest absolute Gasteiger partial charge is 0.460 e. The Labute approximate surface area is 87.6 Å². The topological polar surface area (TPSA) is 65.6 Å². The van der Waals surface area contributed by atoms with Crippen molar-refractivity contribution in [1.82, 2.24) is 9.97 Å². The van der Waals surface area contributed by atoms with Crippen LogP contribution in [0.4, 0.5) is 0 Å². The van der Waals surface area contributed by atoms with Crippen molar-refractivity contribution >= 4 is 0 Å². The molecule has 0 aliphatic carbocycles. The summed E-state index contributed by atoms with van der Waals surface area (Å²) in [6.07, 6.45) is 2.85. The second kappa shape index (κ2) is 4.01. The Morgan fingerprint density at radius 3 is 3.07 bits per heavy atom. The summed E-state index contributed by atoms with van der Waals surface area (Å²) in [5.74, 6) is 2.47. The lowest BCUT2D eigenvalue weighted by molar-refractivity contribution is 0.546. The maximum Gasteiger partial charge on any atom is 0.152 e. The van der Waals surface area contributed by atoms with Gasteiger partial charge in [0.15, 0.2) is 5.76 Å². The minimum absolute atomic E-state index is 0.476. The van der Waals surface area contributed by atoms with E-state index in [1.807, 2.05) is 19.1 Å². The molecular formula is C11H11N3O. The van der Waals surface area contributed by atoms with Gasteiger partial charge in [-0.25, -0.2) is 4.98 Å². The molecular weight excluding hydrogens is 190 g/mol. The van der Waals surface area contributed by atoms with Crippen LogP contribution in [0.1, 0.15) is 18.0 Å². The molecule has 0 unspecified atom stereocenters. The first-order valence-corrected chi connectivity index (χ1v) is 4.77. The fourth-order valence-electron chi connectivity index (χ4n) is 1.37. The van der Waals surface area contributed by atoms with Crippen LogP contribution in [0.3, 0.4) is 0 Å². The van der Waals surface area contributed by atoms with Crippen LogP contribution < -0.4 is 0 Å². The van der Waals surface area contributed by atoms with Crippen LogP contribution in [0.15, 0.2) is 22.7 Å². The summed E-state index contributed by atoms with van der Waals surface area (Å²) in [4.78, 5) is 7.29. The molecule has 0 saturated carbocycles. The minimum atomic E-state index is 0.476. The van der Waals surface area contributed by atoms with Crippen molar-refractivity contribution in [2.75, 3.05) is 0 Å². The lowest BCUT2D eigenvalue weighted by Crippen LogP contribution is -1.85. The van der Waals surface area contributed by atoms with Crippen molar-refractivity contribution in [3.8, 4) is 17.5 Å². The predicted molar refractivity (Wildman–Crippen MR) is 55.0 cm³/mol. The number of nitriles is 1. The van der Waals surface area contributed by atoms with E-state index < -0.39 is 0 Å². The van der Waals surface area contributed by atoms with Crippen LogP contribution in [0.25, 0.3) is 11.5 Å². The summed E-state index contributed by atoms with van der Waals surface area (Å²) in [5.41, 5.74) is 0.857. The van der Waals surface area contributed by atoms with Gasteiger partial charge in [0.1, 0.15) is 17.3 Å². The van der Waals surface area contributed by atoms with E-state index >= 15 is 0 Å². The highest BCUT2D eigenvalue weighted by Crippen LogP contribution is 2.19. The van der Waals surface area contributed by atoms with Gasteiger partial charge in [-0.1, -0.05) is 0 Å². The van der Waals surface area contributed by atoms with E-state index in [1.165, 1.54) is 0 Å². The Morgan fingerprint density at radius 2 is 2.40 bits per heavy atom. The molecule has 4 nitrogen and oxygen atoms in total. The molecule has 0 bridgehead atoms. The Kier molecular flexibility index (Phi) is 2.55. The van der Waals surface area contributed by atoms with Gasteiger partial charge in [-0.05, 0) is 19.1 Å². The summed E-state index contributed by atoms with van der Waals surface area (Å²) < 4.78 is 5.45. The van der Waals surface area contributed by atoms with E-state index in [1.54, 1.807) is 6.20 Å². The highest BCUT2D eigenvalue weighted by Gasteiger charge is 2.06. The summed E-state index contributed by atoms with van der Waals surface area (Å²) in [6, 6.07) is 5.89. The van der Waals surface area contributed by atoms with Crippen molar-refractivity contribution in [3.63, 3.8) is 0 Å². The molecule has 4 heteroatoms. The van der Waals surface area contributed by atoms with Gasteiger partial charge in [0.2, 0.25) is 0 Å². The number of aromatic nitrogens is 2. The third kappa shape index (κ3) is 2.08. The van der Waals surface area contributed by atoms with Gasteiger partial charge in [-0.3, -0.25) is 0 Å². The summed E-state index contributed by atoms with van der Waals surface area (Å²) in [5, 5.41) is 8.44. The van der Waals surface area contributed by atoms with Gasteiger partial charge in [0, 0.05) is 12.8 Å². The van der Waals surface area contributed by atoms with Crippen LogP contribution >= 0.6 is 0 Å². The molecule has 0 aromatic carbocycles. The van der Waals surface area contributed by atoms with Crippen LogP contribution in [0, 0.1) is 18.3 Å². The maximum absolute atomic E-state index is 8.44. The number of nitrogens with one attached hydrogen (secondary N) is 1. The van der Waals surface area contributed by atoms with Crippen molar-refractivity contribution in [2.24, 2.45) is 0 Å². The molecule has 0 radical (unpaired) electrons. The quantitative estimate of drug-likeness (QED) is 0.829. The molecule has 2 heterocycles. The number of nitrogens with zero attached hydrogens (tertiary/aromatic N) is 2. The molecule has 76 valence electrons. The molecule has 0 saturated heterocycles. The molecule has 1 N–H and O–H groups in total. The van der Waals surface area contributed by atoms with E-state index in [9.17, 15) is 0 Å². The predicted octanol–water partition coefficient (Wildman–Crippen LogP) is 2.43. The zero-order chi connectivity index (χ0) is 10.7. The van der Waals surface area contributed by atoms with Crippen molar-refractivity contribution in [2.45, 2.75) is 19.8 Å². The van der Waals surface area contributed by atoms with E-state index in [-0.39, 0.29) is 0 Å². The standard InChI is InChI=1S/C11H11N3O/c1-8-4-5-10(15-8)9-7-13-11(14-9)3-2-6-12/h4-5,7H,2-3H2,1H3,(H,13,14). The van der Waals surface area contributed by atoms with Gasteiger partial charge >= 0.3 is 0 Å². The molecule has 2 aromatic rings. The normalized spacial score (nSPS) is 10.1. The molecule has 15 heavy (non-hydrogen) atoms. The Balaban J connectivity index is 2.17. The number of hydrogen-bond donors (Lipinski definition) is 1. The van der Waals surface area contributed by atoms with Crippen LogP contribution in [0.5, 0.6) is 0 Å². The Hall–Kier alpha value is -2.02. The highest BCUT2D eigenvalue weighted by atomic mass is 16.3. The first-order chi connectivity index (χ1) is 7.29. The van der Waals surface area contributed by atoms with E-state index in [0.717, 1.165) is 23.0 Å². The third-order valence-corrected chi connectivity index (χ3v) is 2.11. The molecule has 0 amide bonds. The summed E-state index contributed by atoms with van der Waals surface area (Å²) in [7, 11) is 0. The van der Waals surface area contributed by atoms with Crippen LogP contribution in [0.2, 0.25) is 0 Å². The van der Waals surface area contributed by atoms with Crippen molar-refractivity contribution in [1.29, 1.82) is 5.26 Å². The molecule has 2 aromatic heterocycles. The SMILES string of the molecule is Cc1ccc(-c2cnc(CCC#N)[nH]2)o1. The fourth-order valence-corrected chi connectivity index (χ4v) is 1.37. The molecule has 0 aliphatic heterocycles.